The van der Waals surface area contributed by atoms with Gasteiger partial charge in [-0.1, -0.05) is 11.6 Å². The molecule has 3 rings (SSSR count). The number of esters is 1. The Morgan fingerprint density at radius 1 is 1.26 bits per heavy atom. The van der Waals surface area contributed by atoms with Gasteiger partial charge in [0.15, 0.2) is 0 Å². The van der Waals surface area contributed by atoms with Gasteiger partial charge in [-0.15, -0.1) is 0 Å². The van der Waals surface area contributed by atoms with Gasteiger partial charge < -0.3 is 4.74 Å². The molecule has 0 bridgehead atoms. The lowest BCUT2D eigenvalue weighted by atomic mass is 10.2. The van der Waals surface area contributed by atoms with Crippen LogP contribution in [0.4, 0.5) is 10.1 Å². The third kappa shape index (κ3) is 5.34. The van der Waals surface area contributed by atoms with E-state index in [1.54, 1.807) is 0 Å². The molecule has 0 radical (unpaired) electrons. The van der Waals surface area contributed by atoms with Gasteiger partial charge in [-0.05, 0) is 43.2 Å². The molecular formula is C19H20ClFN2O6S2. The van der Waals surface area contributed by atoms with Gasteiger partial charge in [-0.2, -0.15) is 0 Å². The Morgan fingerprint density at radius 2 is 1.94 bits per heavy atom. The van der Waals surface area contributed by atoms with Crippen LogP contribution >= 0.6 is 11.6 Å². The number of pyridine rings is 1. The smallest absolute Gasteiger partial charge is 0.339 e. The first kappa shape index (κ1) is 23.4. The summed E-state index contributed by atoms with van der Waals surface area (Å²) in [7, 11) is -6.06. The molecule has 1 aliphatic rings. The van der Waals surface area contributed by atoms with Crippen LogP contribution in [0.25, 0.3) is 0 Å². The molecule has 1 aromatic heterocycles. The maximum Gasteiger partial charge on any atom is 0.339 e. The molecule has 0 unspecified atom stereocenters. The number of nitrogens with zero attached hydrogens (tertiary/aromatic N) is 2. The highest BCUT2D eigenvalue weighted by Crippen LogP contribution is 2.31. The van der Waals surface area contributed by atoms with E-state index in [9.17, 15) is 26.0 Å². The molecule has 12 heteroatoms. The van der Waals surface area contributed by atoms with Gasteiger partial charge >= 0.3 is 5.97 Å². The molecule has 1 fully saturated rings. The van der Waals surface area contributed by atoms with Crippen molar-refractivity contribution >= 4 is 43.1 Å². The lowest BCUT2D eigenvalue weighted by molar-refractivity contribution is 0.0600. The molecular weight excluding hydrogens is 471 g/mol. The summed E-state index contributed by atoms with van der Waals surface area (Å²) < 4.78 is 69.6. The maximum atomic E-state index is 13.7. The van der Waals surface area contributed by atoms with Gasteiger partial charge in [-0.3, -0.25) is 9.29 Å². The summed E-state index contributed by atoms with van der Waals surface area (Å²) in [5.41, 5.74) is 0.641. The first-order valence-electron chi connectivity index (χ1n) is 9.24. The Balaban J connectivity index is 1.96. The Morgan fingerprint density at radius 3 is 2.48 bits per heavy atom. The van der Waals surface area contributed by atoms with Crippen molar-refractivity contribution in [2.45, 2.75) is 24.6 Å². The normalized spacial score (nSPS) is 16.6. The monoisotopic (exact) mass is 490 g/mol. The zero-order valence-corrected chi connectivity index (χ0v) is 18.9. The summed E-state index contributed by atoms with van der Waals surface area (Å²) in [6.45, 7) is -0.213. The minimum absolute atomic E-state index is 0.0369. The highest BCUT2D eigenvalue weighted by atomic mass is 35.5. The highest BCUT2D eigenvalue weighted by molar-refractivity contribution is 7.94. The largest absolute Gasteiger partial charge is 0.465 e. The molecule has 0 aliphatic carbocycles. The number of sulfone groups is 1. The number of hydrogen-bond acceptors (Lipinski definition) is 7. The van der Waals surface area contributed by atoms with Crippen molar-refractivity contribution in [3.8, 4) is 0 Å². The number of methoxy groups -OCH3 is 1. The van der Waals surface area contributed by atoms with Crippen molar-refractivity contribution in [1.82, 2.24) is 4.98 Å². The van der Waals surface area contributed by atoms with E-state index in [1.807, 2.05) is 0 Å². The van der Waals surface area contributed by atoms with E-state index in [-0.39, 0.29) is 47.2 Å². The van der Waals surface area contributed by atoms with Gasteiger partial charge in [-0.25, -0.2) is 26.0 Å². The average molecular weight is 491 g/mol. The number of benzene rings is 1. The van der Waals surface area contributed by atoms with Crippen LogP contribution in [-0.4, -0.2) is 51.7 Å². The minimum atomic E-state index is -4.03. The number of ether oxygens (including phenoxy) is 1. The SMILES string of the molecule is COC(=O)c1ccc(CN(c2ccc(F)c(Cl)c2)S(=O)(=O)C2CCS(=O)(=O)CC2)nc1. The van der Waals surface area contributed by atoms with Gasteiger partial charge in [0, 0.05) is 6.20 Å². The quantitative estimate of drug-likeness (QED) is 0.572. The number of aromatic nitrogens is 1. The number of halogens is 2. The molecule has 0 atom stereocenters. The standard InChI is InChI=1S/C19H20ClFN2O6S2/c1-29-19(24)13-2-3-14(22-11-13)12-23(15-4-5-18(21)17(20)10-15)31(27,28)16-6-8-30(25,26)9-7-16/h2-5,10-11,16H,6-9,12H2,1H3. The van der Waals surface area contributed by atoms with Gasteiger partial charge in [0.2, 0.25) is 10.0 Å². The average Bonchev–Trinajstić information content (AvgIpc) is 2.73. The second-order valence-corrected chi connectivity index (χ2v) is 11.9. The lowest BCUT2D eigenvalue weighted by Crippen LogP contribution is -2.42. The summed E-state index contributed by atoms with van der Waals surface area (Å²) in [4.78, 5) is 15.7. The van der Waals surface area contributed by atoms with E-state index in [0.29, 0.717) is 5.69 Å². The molecule has 0 amide bonds. The summed E-state index contributed by atoms with van der Waals surface area (Å²) in [6, 6.07) is 6.45. The molecule has 0 spiro atoms. The van der Waals surface area contributed by atoms with Gasteiger partial charge in [0.25, 0.3) is 0 Å². The summed E-state index contributed by atoms with van der Waals surface area (Å²) >= 11 is 5.86. The van der Waals surface area contributed by atoms with Crippen LogP contribution in [0, 0.1) is 5.82 Å². The Kier molecular flexibility index (Phi) is 6.87. The van der Waals surface area contributed by atoms with E-state index in [1.165, 1.54) is 37.6 Å². The molecule has 0 N–H and O–H groups in total. The van der Waals surface area contributed by atoms with E-state index < -0.39 is 36.9 Å². The van der Waals surface area contributed by atoms with Crippen molar-refractivity contribution in [2.75, 3.05) is 22.9 Å². The van der Waals surface area contributed by atoms with E-state index in [4.69, 9.17) is 11.6 Å². The minimum Gasteiger partial charge on any atom is -0.465 e. The van der Waals surface area contributed by atoms with E-state index in [2.05, 4.69) is 9.72 Å². The molecule has 0 saturated carbocycles. The first-order chi connectivity index (χ1) is 14.5. The fourth-order valence-corrected chi connectivity index (χ4v) is 7.09. The van der Waals surface area contributed by atoms with Crippen LogP contribution in [0.3, 0.4) is 0 Å². The molecule has 2 heterocycles. The number of carbonyl (C=O) groups is 1. The van der Waals surface area contributed by atoms with Crippen molar-refractivity contribution in [1.29, 1.82) is 0 Å². The maximum absolute atomic E-state index is 13.7. The highest BCUT2D eigenvalue weighted by Gasteiger charge is 2.37. The fourth-order valence-electron chi connectivity index (χ4n) is 3.22. The van der Waals surface area contributed by atoms with Crippen LogP contribution < -0.4 is 4.31 Å². The zero-order valence-electron chi connectivity index (χ0n) is 16.5. The lowest BCUT2D eigenvalue weighted by Gasteiger charge is -2.31. The summed E-state index contributed by atoms with van der Waals surface area (Å²) in [5.74, 6) is -1.73. The Bertz CT molecular complexity index is 1170. The fraction of sp³-hybridized carbons (Fsp3) is 0.368. The number of hydrogen-bond donors (Lipinski definition) is 0. The van der Waals surface area contributed by atoms with Crippen LogP contribution in [0.2, 0.25) is 5.02 Å². The molecule has 31 heavy (non-hydrogen) atoms. The predicted molar refractivity (Wildman–Crippen MR) is 114 cm³/mol. The summed E-state index contributed by atoms with van der Waals surface area (Å²) in [6.07, 6.45) is 1.19. The van der Waals surface area contributed by atoms with Crippen LogP contribution in [0.1, 0.15) is 28.9 Å². The zero-order chi connectivity index (χ0) is 22.8. The topological polar surface area (TPSA) is 111 Å². The van der Waals surface area contributed by atoms with Crippen LogP contribution in [0.5, 0.6) is 0 Å². The third-order valence-electron chi connectivity index (χ3n) is 4.97. The second kappa shape index (κ2) is 9.09. The van der Waals surface area contributed by atoms with Crippen molar-refractivity contribution < 1.29 is 30.8 Å². The molecule has 8 nitrogen and oxygen atoms in total. The number of anilines is 1. The molecule has 1 aliphatic heterocycles. The first-order valence-corrected chi connectivity index (χ1v) is 12.9. The summed E-state index contributed by atoms with van der Waals surface area (Å²) in [5, 5.41) is -1.17. The number of sulfonamides is 1. The van der Waals surface area contributed by atoms with E-state index in [0.717, 1.165) is 10.4 Å². The van der Waals surface area contributed by atoms with Crippen LogP contribution in [-0.2, 0) is 31.1 Å². The number of carbonyl (C=O) groups excluding carboxylic acids is 1. The molecule has 2 aromatic rings. The molecule has 168 valence electrons. The molecule has 1 saturated heterocycles. The van der Waals surface area contributed by atoms with Crippen molar-refractivity contribution in [3.05, 3.63) is 58.6 Å². The van der Waals surface area contributed by atoms with Crippen molar-refractivity contribution in [2.24, 2.45) is 0 Å². The van der Waals surface area contributed by atoms with Gasteiger partial charge in [0.1, 0.15) is 15.7 Å². The second-order valence-electron chi connectivity index (χ2n) is 7.03. The van der Waals surface area contributed by atoms with Gasteiger partial charge in [0.05, 0.1) is 52.4 Å². The predicted octanol–water partition coefficient (Wildman–Crippen LogP) is 2.57. The van der Waals surface area contributed by atoms with Crippen molar-refractivity contribution in [3.63, 3.8) is 0 Å². The number of rotatable bonds is 6. The third-order valence-corrected chi connectivity index (χ3v) is 9.25. The Hall–Kier alpha value is -2.24. The molecule has 1 aromatic carbocycles. The van der Waals surface area contributed by atoms with Crippen LogP contribution in [0.15, 0.2) is 36.5 Å². The Labute approximate surface area is 185 Å². The van der Waals surface area contributed by atoms with E-state index >= 15 is 0 Å².